The number of nitro benzene ring substituents is 1. The molecule has 1 N–H and O–H groups in total. The molecule has 0 amide bonds. The number of sulfonamides is 1. The smallest absolute Gasteiger partial charge is 0.292 e. The summed E-state index contributed by atoms with van der Waals surface area (Å²) in [5.74, 6) is -0.877. The summed E-state index contributed by atoms with van der Waals surface area (Å²) < 4.78 is 43.1. The van der Waals surface area contributed by atoms with E-state index in [-0.39, 0.29) is 13.2 Å². The topological polar surface area (TPSA) is 98.5 Å². The Kier molecular flexibility index (Phi) is 4.70. The van der Waals surface area contributed by atoms with Gasteiger partial charge in [0.15, 0.2) is 4.90 Å². The number of nitro groups is 1. The van der Waals surface area contributed by atoms with E-state index in [4.69, 9.17) is 0 Å². The fraction of sp³-hybridized carbons (Fsp3) is 0.333. The third-order valence-electron chi connectivity index (χ3n) is 2.01. The van der Waals surface area contributed by atoms with Crippen molar-refractivity contribution in [3.63, 3.8) is 0 Å². The number of nitrogens with one attached hydrogen (secondary N) is 1. The highest BCUT2D eigenvalue weighted by molar-refractivity contribution is 7.89. The van der Waals surface area contributed by atoms with Gasteiger partial charge in [-0.05, 0) is 12.1 Å². The van der Waals surface area contributed by atoms with Crippen molar-refractivity contribution < 1.29 is 22.5 Å². The third kappa shape index (κ3) is 3.45. The zero-order chi connectivity index (χ0) is 13.8. The Bertz CT molecular complexity index is 546. The Morgan fingerprint density at radius 3 is 2.72 bits per heavy atom. The number of halogens is 1. The van der Waals surface area contributed by atoms with E-state index >= 15 is 0 Å². The van der Waals surface area contributed by atoms with E-state index in [1.54, 1.807) is 0 Å². The Hall–Kier alpha value is -1.58. The predicted octanol–water partition coefficient (Wildman–Crippen LogP) is 0.659. The minimum atomic E-state index is -4.06. The summed E-state index contributed by atoms with van der Waals surface area (Å²) in [5, 5.41) is 10.7. The molecule has 1 rings (SSSR count). The molecule has 0 spiro atoms. The van der Waals surface area contributed by atoms with E-state index < -0.39 is 31.3 Å². The third-order valence-corrected chi connectivity index (χ3v) is 3.51. The number of ether oxygens (including phenoxy) is 1. The van der Waals surface area contributed by atoms with Gasteiger partial charge < -0.3 is 4.74 Å². The standard InChI is InChI=1S/C9H11FN2O5S/c1-17-5-4-11-18(15,16)9-3-2-7(10)6-8(9)12(13)14/h2-3,6,11H,4-5H2,1H3. The molecule has 0 saturated carbocycles. The largest absolute Gasteiger partial charge is 0.383 e. The Morgan fingerprint density at radius 2 is 2.17 bits per heavy atom. The molecule has 0 atom stereocenters. The van der Waals surface area contributed by atoms with Crippen LogP contribution >= 0.6 is 0 Å². The van der Waals surface area contributed by atoms with Gasteiger partial charge in [-0.2, -0.15) is 0 Å². The lowest BCUT2D eigenvalue weighted by Crippen LogP contribution is -2.27. The SMILES string of the molecule is COCCNS(=O)(=O)c1ccc(F)cc1[N+](=O)[O-]. The molecule has 0 heterocycles. The van der Waals surface area contributed by atoms with E-state index in [0.717, 1.165) is 12.1 Å². The summed E-state index contributed by atoms with van der Waals surface area (Å²) in [6, 6.07) is 2.26. The van der Waals surface area contributed by atoms with Crippen LogP contribution in [-0.2, 0) is 14.8 Å². The molecular formula is C9H11FN2O5S. The van der Waals surface area contributed by atoms with Crippen LogP contribution in [0.4, 0.5) is 10.1 Å². The highest BCUT2D eigenvalue weighted by Gasteiger charge is 2.25. The summed E-state index contributed by atoms with van der Waals surface area (Å²) >= 11 is 0. The highest BCUT2D eigenvalue weighted by Crippen LogP contribution is 2.24. The van der Waals surface area contributed by atoms with Gasteiger partial charge >= 0.3 is 0 Å². The first-order valence-corrected chi connectivity index (χ1v) is 6.29. The summed E-state index contributed by atoms with van der Waals surface area (Å²) in [6.45, 7) is 0.0849. The molecule has 100 valence electrons. The van der Waals surface area contributed by atoms with Gasteiger partial charge in [0.05, 0.1) is 17.6 Å². The first-order valence-electron chi connectivity index (χ1n) is 4.81. The first kappa shape index (κ1) is 14.5. The van der Waals surface area contributed by atoms with Crippen molar-refractivity contribution in [2.75, 3.05) is 20.3 Å². The van der Waals surface area contributed by atoms with Crippen molar-refractivity contribution in [3.8, 4) is 0 Å². The maximum Gasteiger partial charge on any atom is 0.292 e. The van der Waals surface area contributed by atoms with E-state index in [1.807, 2.05) is 0 Å². The van der Waals surface area contributed by atoms with Crippen LogP contribution in [0.2, 0.25) is 0 Å². The minimum absolute atomic E-state index is 0.0344. The Balaban J connectivity index is 3.12. The van der Waals surface area contributed by atoms with Gasteiger partial charge in [0.2, 0.25) is 10.0 Å². The summed E-state index contributed by atoms with van der Waals surface area (Å²) in [5.41, 5.74) is -0.806. The number of benzene rings is 1. The van der Waals surface area contributed by atoms with E-state index in [9.17, 15) is 22.9 Å². The predicted molar refractivity (Wildman–Crippen MR) is 60.1 cm³/mol. The maximum atomic E-state index is 12.9. The van der Waals surface area contributed by atoms with Crippen LogP contribution in [0, 0.1) is 15.9 Å². The highest BCUT2D eigenvalue weighted by atomic mass is 32.2. The van der Waals surface area contributed by atoms with Gasteiger partial charge in [0.25, 0.3) is 5.69 Å². The van der Waals surface area contributed by atoms with Crippen molar-refractivity contribution in [1.82, 2.24) is 4.72 Å². The molecule has 18 heavy (non-hydrogen) atoms. The molecule has 0 aromatic heterocycles. The molecule has 0 fully saturated rings. The molecular weight excluding hydrogens is 267 g/mol. The van der Waals surface area contributed by atoms with Crippen LogP contribution in [0.5, 0.6) is 0 Å². The molecule has 1 aromatic carbocycles. The molecule has 0 saturated heterocycles. The Labute approximate surface area is 103 Å². The average molecular weight is 278 g/mol. The molecule has 1 aromatic rings. The van der Waals surface area contributed by atoms with Crippen molar-refractivity contribution in [2.24, 2.45) is 0 Å². The molecule has 0 aliphatic rings. The van der Waals surface area contributed by atoms with Crippen LogP contribution in [0.1, 0.15) is 0 Å². The summed E-state index contributed by atoms with van der Waals surface area (Å²) in [6.07, 6.45) is 0. The van der Waals surface area contributed by atoms with Gasteiger partial charge in [0.1, 0.15) is 5.82 Å². The number of rotatable bonds is 6. The van der Waals surface area contributed by atoms with Crippen LogP contribution in [0.25, 0.3) is 0 Å². The average Bonchev–Trinajstić information content (AvgIpc) is 2.28. The van der Waals surface area contributed by atoms with E-state index in [1.165, 1.54) is 7.11 Å². The van der Waals surface area contributed by atoms with E-state index in [0.29, 0.717) is 6.07 Å². The zero-order valence-corrected chi connectivity index (χ0v) is 10.2. The van der Waals surface area contributed by atoms with Crippen molar-refractivity contribution in [3.05, 3.63) is 34.1 Å². The van der Waals surface area contributed by atoms with Crippen molar-refractivity contribution in [1.29, 1.82) is 0 Å². The molecule has 0 aliphatic heterocycles. The molecule has 0 unspecified atom stereocenters. The van der Waals surface area contributed by atoms with Gasteiger partial charge in [-0.25, -0.2) is 17.5 Å². The lowest BCUT2D eigenvalue weighted by molar-refractivity contribution is -0.388. The van der Waals surface area contributed by atoms with E-state index in [2.05, 4.69) is 9.46 Å². The number of hydrogen-bond acceptors (Lipinski definition) is 5. The van der Waals surface area contributed by atoms with Crippen molar-refractivity contribution >= 4 is 15.7 Å². The summed E-state index contributed by atoms with van der Waals surface area (Å²) in [7, 11) is -2.68. The van der Waals surface area contributed by atoms with Gasteiger partial charge in [-0.3, -0.25) is 10.1 Å². The fourth-order valence-corrected chi connectivity index (χ4v) is 2.38. The molecule has 9 heteroatoms. The normalized spacial score (nSPS) is 11.4. The number of nitrogens with zero attached hydrogens (tertiary/aromatic N) is 1. The van der Waals surface area contributed by atoms with Crippen molar-refractivity contribution in [2.45, 2.75) is 4.90 Å². The van der Waals surface area contributed by atoms with Crippen LogP contribution in [0.15, 0.2) is 23.1 Å². The van der Waals surface area contributed by atoms with Gasteiger partial charge in [-0.15, -0.1) is 0 Å². The lowest BCUT2D eigenvalue weighted by Gasteiger charge is -2.06. The second kappa shape index (κ2) is 5.85. The lowest BCUT2D eigenvalue weighted by atomic mass is 10.3. The maximum absolute atomic E-state index is 12.9. The van der Waals surface area contributed by atoms with Crippen LogP contribution in [0.3, 0.4) is 0 Å². The monoisotopic (exact) mass is 278 g/mol. The first-order chi connectivity index (χ1) is 8.38. The Morgan fingerprint density at radius 1 is 1.50 bits per heavy atom. The minimum Gasteiger partial charge on any atom is -0.383 e. The van der Waals surface area contributed by atoms with Crippen LogP contribution in [-0.4, -0.2) is 33.6 Å². The zero-order valence-electron chi connectivity index (χ0n) is 9.42. The van der Waals surface area contributed by atoms with Gasteiger partial charge in [-0.1, -0.05) is 0 Å². The molecule has 0 bridgehead atoms. The molecule has 7 nitrogen and oxygen atoms in total. The van der Waals surface area contributed by atoms with Crippen LogP contribution < -0.4 is 4.72 Å². The fourth-order valence-electron chi connectivity index (χ4n) is 1.22. The quantitative estimate of drug-likeness (QED) is 0.468. The number of hydrogen-bond donors (Lipinski definition) is 1. The second-order valence-electron chi connectivity index (χ2n) is 3.26. The molecule has 0 aliphatic carbocycles. The number of methoxy groups -OCH3 is 1. The van der Waals surface area contributed by atoms with Gasteiger partial charge in [0, 0.05) is 13.7 Å². The molecule has 0 radical (unpaired) electrons. The summed E-state index contributed by atoms with van der Waals surface area (Å²) in [4.78, 5) is 9.14. The second-order valence-corrected chi connectivity index (χ2v) is 5.00.